The third-order valence-corrected chi connectivity index (χ3v) is 6.70. The number of sulfone groups is 1. The first-order chi connectivity index (χ1) is 9.37. The molecule has 0 aromatic carbocycles. The van der Waals surface area contributed by atoms with Crippen molar-refractivity contribution in [2.24, 2.45) is 24.8 Å². The second kappa shape index (κ2) is 3.84. The summed E-state index contributed by atoms with van der Waals surface area (Å²) in [7, 11) is -1.48. The number of aromatic nitrogens is 3. The molecule has 0 radical (unpaired) electrons. The molecule has 0 amide bonds. The Labute approximate surface area is 119 Å². The molecule has 4 aliphatic carbocycles. The number of rotatable bonds is 2. The highest BCUT2D eigenvalue weighted by atomic mass is 32.2. The summed E-state index contributed by atoms with van der Waals surface area (Å²) in [6.45, 7) is 0. The molecule has 110 valence electrons. The molecule has 1 heterocycles. The van der Waals surface area contributed by atoms with Gasteiger partial charge in [0, 0.05) is 18.7 Å². The van der Waals surface area contributed by atoms with Gasteiger partial charge in [-0.25, -0.2) is 8.42 Å². The lowest BCUT2D eigenvalue weighted by molar-refractivity contribution is -0.0109. The van der Waals surface area contributed by atoms with Gasteiger partial charge < -0.3 is 4.57 Å². The third kappa shape index (κ3) is 1.70. The Hall–Kier alpha value is -0.910. The van der Waals surface area contributed by atoms with Crippen molar-refractivity contribution in [3.8, 4) is 0 Å². The molecule has 4 aliphatic rings. The SMILES string of the molecule is Cn1c(C23CC4CC(CC(C4)C2)C3)nnc1S(C)(=O)=O. The van der Waals surface area contributed by atoms with Crippen molar-refractivity contribution in [2.75, 3.05) is 6.26 Å². The van der Waals surface area contributed by atoms with Crippen molar-refractivity contribution in [1.82, 2.24) is 14.8 Å². The summed E-state index contributed by atoms with van der Waals surface area (Å²) >= 11 is 0. The lowest BCUT2D eigenvalue weighted by atomic mass is 9.49. The maximum atomic E-state index is 11.8. The molecule has 0 unspecified atom stereocenters. The van der Waals surface area contributed by atoms with Crippen LogP contribution >= 0.6 is 0 Å². The van der Waals surface area contributed by atoms with Gasteiger partial charge in [-0.3, -0.25) is 0 Å². The molecule has 0 saturated heterocycles. The summed E-state index contributed by atoms with van der Waals surface area (Å²) in [5, 5.41) is 8.39. The molecule has 4 saturated carbocycles. The molecule has 5 nitrogen and oxygen atoms in total. The molecular formula is C14H21N3O2S. The third-order valence-electron chi connectivity index (χ3n) is 5.68. The molecule has 0 aliphatic heterocycles. The van der Waals surface area contributed by atoms with Gasteiger partial charge in [0.05, 0.1) is 0 Å². The molecule has 0 N–H and O–H groups in total. The molecule has 1 aromatic rings. The van der Waals surface area contributed by atoms with Crippen LogP contribution in [0.15, 0.2) is 5.16 Å². The van der Waals surface area contributed by atoms with Gasteiger partial charge in [0.25, 0.3) is 0 Å². The molecule has 4 fully saturated rings. The van der Waals surface area contributed by atoms with E-state index >= 15 is 0 Å². The van der Waals surface area contributed by atoms with E-state index < -0.39 is 9.84 Å². The van der Waals surface area contributed by atoms with Crippen molar-refractivity contribution < 1.29 is 8.42 Å². The van der Waals surface area contributed by atoms with E-state index in [1.54, 1.807) is 4.57 Å². The molecule has 0 atom stereocenters. The maximum Gasteiger partial charge on any atom is 0.249 e. The van der Waals surface area contributed by atoms with Gasteiger partial charge in [0.2, 0.25) is 15.0 Å². The first-order valence-corrected chi connectivity index (χ1v) is 9.36. The average Bonchev–Trinajstić information content (AvgIpc) is 2.69. The summed E-state index contributed by atoms with van der Waals surface area (Å²) < 4.78 is 25.3. The van der Waals surface area contributed by atoms with Gasteiger partial charge in [-0.05, 0) is 56.3 Å². The Morgan fingerprint density at radius 2 is 1.55 bits per heavy atom. The van der Waals surface area contributed by atoms with Crippen LogP contribution in [0.1, 0.15) is 44.3 Å². The fourth-order valence-electron chi connectivity index (χ4n) is 5.48. The summed E-state index contributed by atoms with van der Waals surface area (Å²) in [5.41, 5.74) is 0.0967. The highest BCUT2D eigenvalue weighted by Crippen LogP contribution is 2.60. The van der Waals surface area contributed by atoms with Crippen LogP contribution in [0.3, 0.4) is 0 Å². The molecule has 0 spiro atoms. The predicted molar refractivity (Wildman–Crippen MR) is 74.0 cm³/mol. The first kappa shape index (κ1) is 12.8. The van der Waals surface area contributed by atoms with Crippen molar-refractivity contribution in [1.29, 1.82) is 0 Å². The van der Waals surface area contributed by atoms with E-state index in [0.717, 1.165) is 23.6 Å². The zero-order valence-corrected chi connectivity index (χ0v) is 12.9. The van der Waals surface area contributed by atoms with Crippen LogP contribution < -0.4 is 0 Å². The minimum absolute atomic E-state index is 0.0967. The Balaban J connectivity index is 1.80. The van der Waals surface area contributed by atoms with Gasteiger partial charge in [0.1, 0.15) is 5.82 Å². The van der Waals surface area contributed by atoms with Crippen LogP contribution in [0.4, 0.5) is 0 Å². The Morgan fingerprint density at radius 1 is 1.05 bits per heavy atom. The number of hydrogen-bond donors (Lipinski definition) is 0. The van der Waals surface area contributed by atoms with E-state index in [-0.39, 0.29) is 10.6 Å². The standard InChI is InChI=1S/C14H21N3O2S/c1-17-12(15-16-13(17)20(2,18)19)14-6-9-3-10(7-14)5-11(4-9)8-14/h9-11H,3-8H2,1-2H3. The monoisotopic (exact) mass is 295 g/mol. The summed E-state index contributed by atoms with van der Waals surface area (Å²) in [6, 6.07) is 0. The molecule has 1 aromatic heterocycles. The summed E-state index contributed by atoms with van der Waals surface area (Å²) in [6.07, 6.45) is 8.85. The minimum Gasteiger partial charge on any atom is -0.305 e. The smallest absolute Gasteiger partial charge is 0.249 e. The lowest BCUT2D eigenvalue weighted by Gasteiger charge is -2.56. The Bertz CT molecular complexity index is 627. The minimum atomic E-state index is -3.29. The van der Waals surface area contributed by atoms with Crippen molar-refractivity contribution in [3.05, 3.63) is 5.82 Å². The van der Waals surface area contributed by atoms with Crippen LogP contribution in [-0.4, -0.2) is 29.4 Å². The number of nitrogens with zero attached hydrogens (tertiary/aromatic N) is 3. The largest absolute Gasteiger partial charge is 0.305 e. The van der Waals surface area contributed by atoms with Crippen LogP contribution in [0, 0.1) is 17.8 Å². The van der Waals surface area contributed by atoms with Crippen molar-refractivity contribution in [3.63, 3.8) is 0 Å². The molecule has 6 heteroatoms. The van der Waals surface area contributed by atoms with E-state index in [0.29, 0.717) is 0 Å². The van der Waals surface area contributed by atoms with E-state index in [9.17, 15) is 8.42 Å². The van der Waals surface area contributed by atoms with E-state index in [2.05, 4.69) is 10.2 Å². The van der Waals surface area contributed by atoms with Gasteiger partial charge in [-0.2, -0.15) is 0 Å². The van der Waals surface area contributed by atoms with Crippen LogP contribution in [-0.2, 0) is 22.3 Å². The normalized spacial score (nSPS) is 39.4. The highest BCUT2D eigenvalue weighted by molar-refractivity contribution is 7.90. The van der Waals surface area contributed by atoms with E-state index in [1.165, 1.54) is 44.8 Å². The average molecular weight is 295 g/mol. The van der Waals surface area contributed by atoms with Gasteiger partial charge in [0.15, 0.2) is 0 Å². The van der Waals surface area contributed by atoms with Gasteiger partial charge in [-0.15, -0.1) is 10.2 Å². The lowest BCUT2D eigenvalue weighted by Crippen LogP contribution is -2.49. The van der Waals surface area contributed by atoms with Crippen LogP contribution in [0.25, 0.3) is 0 Å². The second-order valence-corrected chi connectivity index (χ2v) is 9.24. The Morgan fingerprint density at radius 3 is 1.95 bits per heavy atom. The van der Waals surface area contributed by atoms with Crippen LogP contribution in [0.2, 0.25) is 0 Å². The fourth-order valence-corrected chi connectivity index (χ4v) is 6.26. The van der Waals surface area contributed by atoms with Crippen molar-refractivity contribution in [2.45, 2.75) is 49.1 Å². The molecule has 5 rings (SSSR count). The maximum absolute atomic E-state index is 11.8. The molecule has 4 bridgehead atoms. The predicted octanol–water partition coefficient (Wildman–Crippen LogP) is 1.69. The summed E-state index contributed by atoms with van der Waals surface area (Å²) in [4.78, 5) is 0. The second-order valence-electron chi connectivity index (χ2n) is 7.34. The number of hydrogen-bond acceptors (Lipinski definition) is 4. The van der Waals surface area contributed by atoms with Gasteiger partial charge >= 0.3 is 0 Å². The zero-order chi connectivity index (χ0) is 14.1. The molecular weight excluding hydrogens is 274 g/mol. The molecule has 20 heavy (non-hydrogen) atoms. The first-order valence-electron chi connectivity index (χ1n) is 7.47. The van der Waals surface area contributed by atoms with Crippen LogP contribution in [0.5, 0.6) is 0 Å². The van der Waals surface area contributed by atoms with E-state index in [4.69, 9.17) is 0 Å². The Kier molecular flexibility index (Phi) is 2.46. The fraction of sp³-hybridized carbons (Fsp3) is 0.857. The topological polar surface area (TPSA) is 64.8 Å². The van der Waals surface area contributed by atoms with Crippen molar-refractivity contribution >= 4 is 9.84 Å². The summed E-state index contributed by atoms with van der Waals surface area (Å²) in [5.74, 6) is 3.37. The van der Waals surface area contributed by atoms with E-state index in [1.807, 2.05) is 7.05 Å². The van der Waals surface area contributed by atoms with Gasteiger partial charge in [-0.1, -0.05) is 0 Å². The highest BCUT2D eigenvalue weighted by Gasteiger charge is 2.53. The zero-order valence-electron chi connectivity index (χ0n) is 12.0. The quantitative estimate of drug-likeness (QED) is 0.833.